The van der Waals surface area contributed by atoms with Crippen LogP contribution in [0.4, 0.5) is 0 Å². The maximum absolute atomic E-state index is 12.1. The van der Waals surface area contributed by atoms with Crippen molar-refractivity contribution in [1.82, 2.24) is 4.31 Å². The van der Waals surface area contributed by atoms with Crippen LogP contribution in [-0.2, 0) is 19.6 Å². The summed E-state index contributed by atoms with van der Waals surface area (Å²) in [7, 11) is -1.70. The van der Waals surface area contributed by atoms with Crippen LogP contribution in [0.25, 0.3) is 0 Å². The number of ether oxygens (including phenoxy) is 1. The molecule has 0 amide bonds. The molecular weight excluding hydrogens is 278 g/mol. The third-order valence-electron chi connectivity index (χ3n) is 2.35. The molecule has 0 radical (unpaired) electrons. The van der Waals surface area contributed by atoms with E-state index in [1.54, 1.807) is 0 Å². The maximum Gasteiger partial charge on any atom is 0.371 e. The first-order chi connectivity index (χ1) is 8.70. The average Bonchev–Trinajstić information content (AvgIpc) is 2.71. The summed E-state index contributed by atoms with van der Waals surface area (Å²) in [6, 6.07) is 0.904. The summed E-state index contributed by atoms with van der Waals surface area (Å²) in [6.07, 6.45) is 0. The van der Waals surface area contributed by atoms with E-state index in [9.17, 15) is 18.0 Å². The van der Waals surface area contributed by atoms with Crippen molar-refractivity contribution in [2.45, 2.75) is 11.8 Å². The topological polar surface area (TPSA) is 114 Å². The summed E-state index contributed by atoms with van der Waals surface area (Å²) in [5.41, 5.74) is 0. The number of furan rings is 1. The van der Waals surface area contributed by atoms with Crippen molar-refractivity contribution in [2.24, 2.45) is 0 Å². The number of carbonyl (C=O) groups is 2. The quantitative estimate of drug-likeness (QED) is 0.764. The number of hydrogen-bond donors (Lipinski definition) is 1. The van der Waals surface area contributed by atoms with Crippen LogP contribution in [0.15, 0.2) is 15.4 Å². The highest BCUT2D eigenvalue weighted by Gasteiger charge is 2.29. The molecule has 0 saturated heterocycles. The minimum absolute atomic E-state index is 0.0610. The molecule has 0 aromatic carbocycles. The van der Waals surface area contributed by atoms with Crippen LogP contribution in [0.1, 0.15) is 16.3 Å². The molecule has 19 heavy (non-hydrogen) atoms. The van der Waals surface area contributed by atoms with Crippen molar-refractivity contribution >= 4 is 22.0 Å². The summed E-state index contributed by atoms with van der Waals surface area (Å²) < 4.78 is 34.1. The average molecular weight is 291 g/mol. The molecule has 1 heterocycles. The van der Waals surface area contributed by atoms with Gasteiger partial charge in [-0.15, -0.1) is 0 Å². The SMILES string of the molecule is COC(=O)CN(C)S(=O)(=O)c1cc(C(=O)O)oc1C. The highest BCUT2D eigenvalue weighted by Crippen LogP contribution is 2.22. The lowest BCUT2D eigenvalue weighted by Gasteiger charge is -2.14. The Balaban J connectivity index is 3.13. The highest BCUT2D eigenvalue weighted by atomic mass is 32.2. The molecule has 0 fully saturated rings. The number of esters is 1. The number of sulfonamides is 1. The van der Waals surface area contributed by atoms with Gasteiger partial charge in [0.25, 0.3) is 0 Å². The van der Waals surface area contributed by atoms with Crippen molar-refractivity contribution in [3.8, 4) is 0 Å². The molecule has 1 rings (SSSR count). The number of likely N-dealkylation sites (N-methyl/N-ethyl adjacent to an activating group) is 1. The smallest absolute Gasteiger partial charge is 0.371 e. The third kappa shape index (κ3) is 3.12. The lowest BCUT2D eigenvalue weighted by Crippen LogP contribution is -2.32. The van der Waals surface area contributed by atoms with Gasteiger partial charge in [0.05, 0.1) is 7.11 Å². The van der Waals surface area contributed by atoms with E-state index in [2.05, 4.69) is 4.74 Å². The van der Waals surface area contributed by atoms with Crippen LogP contribution in [0.3, 0.4) is 0 Å². The fourth-order valence-electron chi connectivity index (χ4n) is 1.33. The van der Waals surface area contributed by atoms with Gasteiger partial charge in [-0.25, -0.2) is 13.2 Å². The Labute approximate surface area is 109 Å². The normalized spacial score (nSPS) is 11.6. The first kappa shape index (κ1) is 15.2. The van der Waals surface area contributed by atoms with Crippen molar-refractivity contribution in [3.05, 3.63) is 17.6 Å². The molecule has 0 aliphatic heterocycles. The standard InChI is InChI=1S/C10H13NO7S/c1-6-8(4-7(18-6)10(13)14)19(15,16)11(2)5-9(12)17-3/h4H,5H2,1-3H3,(H,13,14). The second-order valence-electron chi connectivity index (χ2n) is 3.67. The van der Waals surface area contributed by atoms with Gasteiger partial charge in [-0.2, -0.15) is 4.31 Å². The highest BCUT2D eigenvalue weighted by molar-refractivity contribution is 7.89. The van der Waals surface area contributed by atoms with E-state index in [4.69, 9.17) is 9.52 Å². The molecule has 0 aliphatic carbocycles. The van der Waals surface area contributed by atoms with E-state index in [1.807, 2.05) is 0 Å². The Kier molecular flexibility index (Phi) is 4.32. The molecule has 0 aliphatic rings. The lowest BCUT2D eigenvalue weighted by molar-refractivity contribution is -0.140. The van der Waals surface area contributed by atoms with Crippen molar-refractivity contribution in [2.75, 3.05) is 20.7 Å². The fraction of sp³-hybridized carbons (Fsp3) is 0.400. The number of carboxylic acids is 1. The van der Waals surface area contributed by atoms with Gasteiger partial charge in [0, 0.05) is 13.1 Å². The first-order valence-corrected chi connectivity index (χ1v) is 6.51. The van der Waals surface area contributed by atoms with E-state index in [0.717, 1.165) is 17.5 Å². The number of methoxy groups -OCH3 is 1. The van der Waals surface area contributed by atoms with Crippen LogP contribution in [0, 0.1) is 6.92 Å². The van der Waals surface area contributed by atoms with Crippen LogP contribution in [0.5, 0.6) is 0 Å². The number of rotatable bonds is 5. The molecule has 106 valence electrons. The minimum Gasteiger partial charge on any atom is -0.475 e. The first-order valence-electron chi connectivity index (χ1n) is 5.07. The Morgan fingerprint density at radius 2 is 2.05 bits per heavy atom. The largest absolute Gasteiger partial charge is 0.475 e. The van der Waals surface area contributed by atoms with Crippen LogP contribution < -0.4 is 0 Å². The number of carboxylic acid groups (broad SMARTS) is 1. The van der Waals surface area contributed by atoms with Crippen molar-refractivity contribution in [3.63, 3.8) is 0 Å². The number of aryl methyl sites for hydroxylation is 1. The molecule has 0 unspecified atom stereocenters. The molecule has 0 bridgehead atoms. The molecule has 0 atom stereocenters. The van der Waals surface area contributed by atoms with Gasteiger partial charge in [0.2, 0.25) is 15.8 Å². The van der Waals surface area contributed by atoms with Gasteiger partial charge < -0.3 is 14.3 Å². The van der Waals surface area contributed by atoms with E-state index in [-0.39, 0.29) is 10.7 Å². The molecular formula is C10H13NO7S. The van der Waals surface area contributed by atoms with Gasteiger partial charge in [0.15, 0.2) is 0 Å². The van der Waals surface area contributed by atoms with E-state index in [0.29, 0.717) is 0 Å². The fourth-order valence-corrected chi connectivity index (χ4v) is 2.60. The maximum atomic E-state index is 12.1. The predicted molar refractivity (Wildman–Crippen MR) is 62.2 cm³/mol. The number of hydrogen-bond acceptors (Lipinski definition) is 6. The van der Waals surface area contributed by atoms with E-state index >= 15 is 0 Å². The van der Waals surface area contributed by atoms with E-state index in [1.165, 1.54) is 14.0 Å². The number of nitrogens with zero attached hydrogens (tertiary/aromatic N) is 1. The zero-order chi connectivity index (χ0) is 14.8. The predicted octanol–water partition coefficient (Wildman–Crippen LogP) is 0.0797. The Bertz CT molecular complexity index is 601. The lowest BCUT2D eigenvalue weighted by atomic mass is 10.4. The molecule has 9 heteroatoms. The molecule has 8 nitrogen and oxygen atoms in total. The van der Waals surface area contributed by atoms with Crippen LogP contribution in [-0.4, -0.2) is 50.5 Å². The van der Waals surface area contributed by atoms with Crippen molar-refractivity contribution < 1.29 is 32.3 Å². The van der Waals surface area contributed by atoms with Gasteiger partial charge in [-0.3, -0.25) is 4.79 Å². The van der Waals surface area contributed by atoms with Gasteiger partial charge >= 0.3 is 11.9 Å². The second kappa shape index (κ2) is 5.41. The third-order valence-corrected chi connectivity index (χ3v) is 4.26. The van der Waals surface area contributed by atoms with E-state index < -0.39 is 34.3 Å². The molecule has 1 N–H and O–H groups in total. The summed E-state index contributed by atoms with van der Waals surface area (Å²) >= 11 is 0. The molecule has 0 spiro atoms. The monoisotopic (exact) mass is 291 g/mol. The molecule has 1 aromatic heterocycles. The van der Waals surface area contributed by atoms with Gasteiger partial charge in [-0.1, -0.05) is 0 Å². The summed E-state index contributed by atoms with van der Waals surface area (Å²) in [5.74, 6) is -2.65. The van der Waals surface area contributed by atoms with Crippen molar-refractivity contribution in [1.29, 1.82) is 0 Å². The van der Waals surface area contributed by atoms with Crippen LogP contribution in [0.2, 0.25) is 0 Å². The Morgan fingerprint density at radius 3 is 2.47 bits per heavy atom. The minimum atomic E-state index is -4.01. The van der Waals surface area contributed by atoms with Crippen LogP contribution >= 0.6 is 0 Å². The van der Waals surface area contributed by atoms with Gasteiger partial charge in [0.1, 0.15) is 17.2 Å². The summed E-state index contributed by atoms with van der Waals surface area (Å²) in [5, 5.41) is 8.73. The zero-order valence-corrected chi connectivity index (χ0v) is 11.4. The molecule has 0 saturated carbocycles. The number of aromatic carboxylic acids is 1. The summed E-state index contributed by atoms with van der Waals surface area (Å²) in [6.45, 7) is 0.844. The molecule has 1 aromatic rings. The Morgan fingerprint density at radius 1 is 1.47 bits per heavy atom. The second-order valence-corrected chi connectivity index (χ2v) is 5.69. The Hall–Kier alpha value is -1.87. The zero-order valence-electron chi connectivity index (χ0n) is 10.5. The van der Waals surface area contributed by atoms with Gasteiger partial charge in [-0.05, 0) is 6.92 Å². The number of carbonyl (C=O) groups excluding carboxylic acids is 1. The summed E-state index contributed by atoms with van der Waals surface area (Å²) in [4.78, 5) is 21.5.